The van der Waals surface area contributed by atoms with E-state index < -0.39 is 0 Å². The van der Waals surface area contributed by atoms with E-state index in [1.807, 2.05) is 19.9 Å². The summed E-state index contributed by atoms with van der Waals surface area (Å²) in [6.45, 7) is 19.3. The average Bonchev–Trinajstić information content (AvgIpc) is 3.20. The Hall–Kier alpha value is -2.54. The maximum absolute atomic E-state index is 4.01. The van der Waals surface area contributed by atoms with Gasteiger partial charge in [-0.05, 0) is 65.7 Å². The largest absolute Gasteiger partial charge is 0.360 e. The number of hydrogen-bond donors (Lipinski definition) is 1. The van der Waals surface area contributed by atoms with Crippen molar-refractivity contribution in [1.82, 2.24) is 4.98 Å². The highest BCUT2D eigenvalue weighted by Gasteiger charge is 2.38. The minimum absolute atomic E-state index is 0.0824. The van der Waals surface area contributed by atoms with Crippen LogP contribution in [0, 0.1) is 17.3 Å². The van der Waals surface area contributed by atoms with Gasteiger partial charge in [-0.25, -0.2) is 0 Å². The first-order valence-corrected chi connectivity index (χ1v) is 11.4. The summed E-state index contributed by atoms with van der Waals surface area (Å²) in [5.41, 5.74) is 5.20. The number of nitrogens with one attached hydrogen (secondary N) is 1. The predicted octanol–water partition coefficient (Wildman–Crippen LogP) is 8.89. The molecule has 0 spiro atoms. The van der Waals surface area contributed by atoms with Crippen LogP contribution >= 0.6 is 0 Å². The van der Waals surface area contributed by atoms with Crippen LogP contribution in [0.1, 0.15) is 60.6 Å². The van der Waals surface area contributed by atoms with Crippen molar-refractivity contribution < 1.29 is 0 Å². The van der Waals surface area contributed by atoms with Gasteiger partial charge >= 0.3 is 0 Å². The summed E-state index contributed by atoms with van der Waals surface area (Å²) in [6, 6.07) is 8.64. The predicted molar refractivity (Wildman–Crippen MR) is 136 cm³/mol. The van der Waals surface area contributed by atoms with E-state index in [2.05, 4.69) is 107 Å². The highest BCUT2D eigenvalue weighted by atomic mass is 14.7. The zero-order chi connectivity index (χ0) is 22.3. The maximum Gasteiger partial charge on any atom is 0.0496 e. The number of rotatable bonds is 6. The topological polar surface area (TPSA) is 15.8 Å². The molecule has 2 aromatic rings. The fourth-order valence-electron chi connectivity index (χ4n) is 4.52. The molecule has 2 atom stereocenters. The lowest BCUT2D eigenvalue weighted by Gasteiger charge is -2.41. The third kappa shape index (κ3) is 4.46. The SMILES string of the molecule is C=C/C(=C\C)C1=CCC(C(C)(C=CC)C(C)C)C(c2[nH]cc3ccccc23)=C1.CC. The average molecular weight is 402 g/mol. The minimum atomic E-state index is 0.0824. The van der Waals surface area contributed by atoms with Crippen LogP contribution in [0.25, 0.3) is 16.3 Å². The lowest BCUT2D eigenvalue weighted by Crippen LogP contribution is -2.33. The van der Waals surface area contributed by atoms with Crippen molar-refractivity contribution in [3.63, 3.8) is 0 Å². The number of hydrogen-bond acceptors (Lipinski definition) is 0. The van der Waals surface area contributed by atoms with Crippen LogP contribution in [0.2, 0.25) is 0 Å². The summed E-state index contributed by atoms with van der Waals surface area (Å²) in [7, 11) is 0. The van der Waals surface area contributed by atoms with E-state index in [0.29, 0.717) is 11.8 Å². The van der Waals surface area contributed by atoms with Gasteiger partial charge in [-0.1, -0.05) is 95.8 Å². The van der Waals surface area contributed by atoms with Gasteiger partial charge in [0.15, 0.2) is 0 Å². The molecule has 1 N–H and O–H groups in total. The quantitative estimate of drug-likeness (QED) is 0.367. The van der Waals surface area contributed by atoms with Crippen LogP contribution in [0.5, 0.6) is 0 Å². The summed E-state index contributed by atoms with van der Waals surface area (Å²) in [6.07, 6.45) is 16.7. The van der Waals surface area contributed by atoms with Crippen molar-refractivity contribution in [3.8, 4) is 0 Å². The van der Waals surface area contributed by atoms with Crippen LogP contribution in [-0.4, -0.2) is 4.98 Å². The lowest BCUT2D eigenvalue weighted by atomic mass is 9.62. The molecule has 0 radical (unpaired) electrons. The van der Waals surface area contributed by atoms with E-state index in [-0.39, 0.29) is 5.41 Å². The summed E-state index contributed by atoms with van der Waals surface area (Å²) in [5, 5.41) is 2.56. The van der Waals surface area contributed by atoms with Crippen molar-refractivity contribution in [1.29, 1.82) is 0 Å². The van der Waals surface area contributed by atoms with E-state index in [1.54, 1.807) is 0 Å². The molecule has 0 bridgehead atoms. The fourth-order valence-corrected chi connectivity index (χ4v) is 4.52. The Morgan fingerprint density at radius 3 is 2.50 bits per heavy atom. The Bertz CT molecular complexity index is 977. The lowest BCUT2D eigenvalue weighted by molar-refractivity contribution is 0.221. The fraction of sp³-hybridized carbons (Fsp3) is 0.379. The second-order valence-corrected chi connectivity index (χ2v) is 8.27. The normalized spacial score (nSPS) is 19.2. The molecule has 1 heterocycles. The number of H-pyrrole nitrogens is 1. The zero-order valence-electron chi connectivity index (χ0n) is 19.9. The molecule has 1 nitrogen and oxygen atoms in total. The molecule has 0 saturated heterocycles. The number of benzene rings is 1. The third-order valence-corrected chi connectivity index (χ3v) is 6.54. The Kier molecular flexibility index (Phi) is 8.29. The zero-order valence-corrected chi connectivity index (χ0v) is 19.9. The van der Waals surface area contributed by atoms with Gasteiger partial charge in [0, 0.05) is 17.3 Å². The van der Waals surface area contributed by atoms with Gasteiger partial charge in [-0.15, -0.1) is 0 Å². The smallest absolute Gasteiger partial charge is 0.0496 e. The summed E-state index contributed by atoms with van der Waals surface area (Å²) < 4.78 is 0. The highest BCUT2D eigenvalue weighted by Crippen LogP contribution is 2.49. The van der Waals surface area contributed by atoms with Crippen molar-refractivity contribution in [3.05, 3.63) is 90.3 Å². The van der Waals surface area contributed by atoms with Crippen molar-refractivity contribution in [2.24, 2.45) is 17.3 Å². The molecule has 2 unspecified atom stereocenters. The molecule has 1 aliphatic carbocycles. The van der Waals surface area contributed by atoms with Gasteiger partial charge in [0.2, 0.25) is 0 Å². The molecule has 3 rings (SSSR count). The van der Waals surface area contributed by atoms with Gasteiger partial charge in [-0.2, -0.15) is 0 Å². The van der Waals surface area contributed by atoms with Crippen LogP contribution in [0.15, 0.2) is 84.6 Å². The van der Waals surface area contributed by atoms with Crippen molar-refractivity contribution in [2.45, 2.75) is 54.9 Å². The first-order valence-electron chi connectivity index (χ1n) is 11.4. The van der Waals surface area contributed by atoms with Gasteiger partial charge in [0.1, 0.15) is 0 Å². The molecule has 1 aliphatic rings. The molecule has 0 amide bonds. The molecular weight excluding hydrogens is 362 g/mol. The monoisotopic (exact) mass is 401 g/mol. The van der Waals surface area contributed by atoms with E-state index in [4.69, 9.17) is 0 Å². The number of allylic oxidation sites excluding steroid dienone is 9. The molecular formula is C29H39N. The summed E-state index contributed by atoms with van der Waals surface area (Å²) in [5.74, 6) is 0.950. The van der Waals surface area contributed by atoms with E-state index in [1.165, 1.54) is 33.2 Å². The molecule has 0 aliphatic heterocycles. The van der Waals surface area contributed by atoms with Gasteiger partial charge < -0.3 is 4.98 Å². The van der Waals surface area contributed by atoms with Crippen molar-refractivity contribution in [2.75, 3.05) is 0 Å². The molecule has 1 aromatic heterocycles. The Morgan fingerprint density at radius 2 is 1.90 bits per heavy atom. The van der Waals surface area contributed by atoms with Gasteiger partial charge in [0.05, 0.1) is 0 Å². The number of aromatic nitrogens is 1. The number of aromatic amines is 1. The number of fused-ring (bicyclic) bond motifs is 1. The minimum Gasteiger partial charge on any atom is -0.360 e. The standard InChI is InChI=1S/C27H33N.C2H6/c1-7-16-27(6,19(4)5)25-15-14-21(20(8-2)9-3)17-24(25)26-23-13-11-10-12-22(23)18-28-26;1-2/h7-14,16-19,25,28H,2,15H2,1,3-6H3;1-2H3/b16-7?,20-9+;. The summed E-state index contributed by atoms with van der Waals surface area (Å²) in [4.78, 5) is 3.60. The second kappa shape index (κ2) is 10.5. The first-order chi connectivity index (χ1) is 14.5. The van der Waals surface area contributed by atoms with Crippen LogP contribution < -0.4 is 0 Å². The van der Waals surface area contributed by atoms with Crippen LogP contribution in [-0.2, 0) is 0 Å². The Morgan fingerprint density at radius 1 is 1.20 bits per heavy atom. The molecule has 160 valence electrons. The Labute approximate surface area is 184 Å². The van der Waals surface area contributed by atoms with Crippen LogP contribution in [0.3, 0.4) is 0 Å². The maximum atomic E-state index is 4.01. The van der Waals surface area contributed by atoms with Gasteiger partial charge in [0.25, 0.3) is 0 Å². The summed E-state index contributed by atoms with van der Waals surface area (Å²) >= 11 is 0. The van der Waals surface area contributed by atoms with Crippen molar-refractivity contribution >= 4 is 16.3 Å². The van der Waals surface area contributed by atoms with E-state index >= 15 is 0 Å². The van der Waals surface area contributed by atoms with Crippen LogP contribution in [0.4, 0.5) is 0 Å². The van der Waals surface area contributed by atoms with E-state index in [0.717, 1.165) is 6.42 Å². The van der Waals surface area contributed by atoms with Gasteiger partial charge in [-0.3, -0.25) is 0 Å². The molecule has 0 saturated carbocycles. The molecule has 30 heavy (non-hydrogen) atoms. The molecule has 1 aromatic carbocycles. The molecule has 0 fully saturated rings. The second-order valence-electron chi connectivity index (χ2n) is 8.27. The highest BCUT2D eigenvalue weighted by molar-refractivity contribution is 5.94. The third-order valence-electron chi connectivity index (χ3n) is 6.54. The Balaban J connectivity index is 0.00000155. The van der Waals surface area contributed by atoms with E-state index in [9.17, 15) is 0 Å². The molecule has 1 heteroatoms. The first kappa shape index (κ1) is 23.7.